The van der Waals surface area contributed by atoms with Crippen molar-refractivity contribution in [3.05, 3.63) is 29.8 Å². The molecule has 118 valence electrons. The van der Waals surface area contributed by atoms with Crippen molar-refractivity contribution in [2.45, 2.75) is 20.4 Å². The van der Waals surface area contributed by atoms with Crippen LogP contribution in [0.3, 0.4) is 0 Å². The second-order valence-electron chi connectivity index (χ2n) is 4.47. The van der Waals surface area contributed by atoms with Crippen LogP contribution in [0.5, 0.6) is 5.75 Å². The van der Waals surface area contributed by atoms with Crippen LogP contribution >= 0.6 is 0 Å². The van der Waals surface area contributed by atoms with Gasteiger partial charge in [-0.15, -0.1) is 0 Å². The number of rotatable bonds is 8. The molecule has 1 aromatic carbocycles. The van der Waals surface area contributed by atoms with Crippen molar-refractivity contribution in [3.63, 3.8) is 0 Å². The number of nitrogens with zero attached hydrogens (tertiary/aromatic N) is 1. The van der Waals surface area contributed by atoms with Crippen LogP contribution in [-0.4, -0.2) is 45.2 Å². The summed E-state index contributed by atoms with van der Waals surface area (Å²) in [6.07, 6.45) is 0. The van der Waals surface area contributed by atoms with Crippen molar-refractivity contribution in [2.75, 3.05) is 26.0 Å². The summed E-state index contributed by atoms with van der Waals surface area (Å²) in [5.74, 6) is 0.0322. The molecule has 0 saturated carbocycles. The summed E-state index contributed by atoms with van der Waals surface area (Å²) in [7, 11) is -2.04. The smallest absolute Gasteiger partial charge is 0.308 e. The van der Waals surface area contributed by atoms with E-state index in [9.17, 15) is 13.2 Å². The lowest BCUT2D eigenvalue weighted by Gasteiger charge is -2.22. The summed E-state index contributed by atoms with van der Waals surface area (Å²) in [5.41, 5.74) is 0.640. The predicted octanol–water partition coefficient (Wildman–Crippen LogP) is 1.41. The molecule has 0 heterocycles. The molecule has 21 heavy (non-hydrogen) atoms. The van der Waals surface area contributed by atoms with E-state index in [0.717, 1.165) is 0 Å². The minimum Gasteiger partial charge on any atom is -0.383 e. The zero-order valence-electron chi connectivity index (χ0n) is 12.5. The Labute approximate surface area is 125 Å². The molecule has 1 rings (SSSR count). The third-order valence-electron chi connectivity index (χ3n) is 2.91. The number of amides is 1. The van der Waals surface area contributed by atoms with Crippen LogP contribution in [0.25, 0.3) is 0 Å². The van der Waals surface area contributed by atoms with Crippen LogP contribution in [-0.2, 0) is 26.2 Å². The van der Waals surface area contributed by atoms with E-state index in [0.29, 0.717) is 18.7 Å². The number of hydrogen-bond donors (Lipinski definition) is 0. The van der Waals surface area contributed by atoms with Gasteiger partial charge in [-0.05, 0) is 13.0 Å². The summed E-state index contributed by atoms with van der Waals surface area (Å²) < 4.78 is 33.2. The van der Waals surface area contributed by atoms with E-state index < -0.39 is 10.1 Å². The Morgan fingerprint density at radius 3 is 2.52 bits per heavy atom. The Bertz CT molecular complexity index is 570. The molecule has 0 unspecified atom stereocenters. The third kappa shape index (κ3) is 5.73. The molecule has 0 bridgehead atoms. The van der Waals surface area contributed by atoms with Gasteiger partial charge in [-0.3, -0.25) is 4.79 Å². The topological polar surface area (TPSA) is 72.9 Å². The lowest BCUT2D eigenvalue weighted by Crippen LogP contribution is -2.31. The Morgan fingerprint density at radius 2 is 1.95 bits per heavy atom. The van der Waals surface area contributed by atoms with Gasteiger partial charge in [-0.2, -0.15) is 8.42 Å². The highest BCUT2D eigenvalue weighted by Crippen LogP contribution is 2.21. The van der Waals surface area contributed by atoms with E-state index in [1.807, 2.05) is 0 Å². The molecular formula is C14H21NO5S. The molecule has 1 aromatic rings. The third-order valence-corrected chi connectivity index (χ3v) is 4.06. The van der Waals surface area contributed by atoms with Crippen molar-refractivity contribution in [3.8, 4) is 5.75 Å². The highest BCUT2D eigenvalue weighted by Gasteiger charge is 2.16. The van der Waals surface area contributed by atoms with Crippen LogP contribution in [0, 0.1) is 0 Å². The van der Waals surface area contributed by atoms with Crippen molar-refractivity contribution >= 4 is 16.0 Å². The minimum absolute atomic E-state index is 0.110. The fourth-order valence-electron chi connectivity index (χ4n) is 1.67. The normalized spacial score (nSPS) is 11.2. The van der Waals surface area contributed by atoms with Gasteiger partial charge in [-0.1, -0.05) is 18.2 Å². The second kappa shape index (κ2) is 7.99. The number of ether oxygens (including phenoxy) is 1. The van der Waals surface area contributed by atoms with Gasteiger partial charge in [0.15, 0.2) is 0 Å². The van der Waals surface area contributed by atoms with Crippen LogP contribution < -0.4 is 4.18 Å². The first-order valence-electron chi connectivity index (χ1n) is 6.64. The number of hydrogen-bond acceptors (Lipinski definition) is 5. The SMILES string of the molecule is CCS(=O)(=O)Oc1ccccc1CN(CCOC)C(C)=O. The van der Waals surface area contributed by atoms with Gasteiger partial charge in [-0.25, -0.2) is 0 Å². The molecule has 0 saturated heterocycles. The molecule has 0 atom stereocenters. The Kier molecular flexibility index (Phi) is 6.64. The van der Waals surface area contributed by atoms with Crippen molar-refractivity contribution in [1.82, 2.24) is 4.90 Å². The van der Waals surface area contributed by atoms with Gasteiger partial charge >= 0.3 is 10.1 Å². The lowest BCUT2D eigenvalue weighted by molar-refractivity contribution is -0.130. The number of carbonyl (C=O) groups is 1. The lowest BCUT2D eigenvalue weighted by atomic mass is 10.2. The maximum absolute atomic E-state index is 11.6. The molecule has 0 aromatic heterocycles. The summed E-state index contributed by atoms with van der Waals surface area (Å²) in [6.45, 7) is 4.09. The quantitative estimate of drug-likeness (QED) is 0.678. The average Bonchev–Trinajstić information content (AvgIpc) is 2.44. The van der Waals surface area contributed by atoms with Gasteiger partial charge in [0.25, 0.3) is 0 Å². The summed E-state index contributed by atoms with van der Waals surface area (Å²) in [4.78, 5) is 13.2. The molecule has 0 spiro atoms. The fourth-order valence-corrected chi connectivity index (χ4v) is 2.22. The van der Waals surface area contributed by atoms with E-state index in [4.69, 9.17) is 8.92 Å². The highest BCUT2D eigenvalue weighted by molar-refractivity contribution is 7.87. The summed E-state index contributed by atoms with van der Waals surface area (Å²) in [6, 6.07) is 6.78. The van der Waals surface area contributed by atoms with E-state index in [2.05, 4.69) is 0 Å². The van der Waals surface area contributed by atoms with Gasteiger partial charge < -0.3 is 13.8 Å². The molecule has 0 aliphatic rings. The number of methoxy groups -OCH3 is 1. The second-order valence-corrected chi connectivity index (χ2v) is 6.33. The number of carbonyl (C=O) groups excluding carboxylic acids is 1. The van der Waals surface area contributed by atoms with E-state index in [1.165, 1.54) is 13.8 Å². The van der Waals surface area contributed by atoms with E-state index >= 15 is 0 Å². The Morgan fingerprint density at radius 1 is 1.29 bits per heavy atom. The minimum atomic E-state index is -3.60. The van der Waals surface area contributed by atoms with Gasteiger partial charge in [0, 0.05) is 32.7 Å². The maximum Gasteiger partial charge on any atom is 0.308 e. The van der Waals surface area contributed by atoms with Crippen LogP contribution in [0.2, 0.25) is 0 Å². The standard InChI is InChI=1S/C14H21NO5S/c1-4-21(17,18)20-14-8-6-5-7-13(14)11-15(12(2)16)9-10-19-3/h5-8H,4,9-11H2,1-3H3. The van der Waals surface area contributed by atoms with Gasteiger partial charge in [0.05, 0.1) is 12.4 Å². The van der Waals surface area contributed by atoms with E-state index in [1.54, 1.807) is 36.3 Å². The monoisotopic (exact) mass is 315 g/mol. The molecule has 6 nitrogen and oxygen atoms in total. The number of benzene rings is 1. The molecule has 0 aliphatic heterocycles. The Balaban J connectivity index is 2.94. The molecule has 7 heteroatoms. The largest absolute Gasteiger partial charge is 0.383 e. The number of para-hydroxylation sites is 1. The molecular weight excluding hydrogens is 294 g/mol. The average molecular weight is 315 g/mol. The first-order valence-corrected chi connectivity index (χ1v) is 8.22. The molecule has 0 N–H and O–H groups in total. The van der Waals surface area contributed by atoms with Crippen LogP contribution in [0.4, 0.5) is 0 Å². The first kappa shape index (κ1) is 17.5. The fraction of sp³-hybridized carbons (Fsp3) is 0.500. The van der Waals surface area contributed by atoms with E-state index in [-0.39, 0.29) is 24.0 Å². The van der Waals surface area contributed by atoms with Crippen LogP contribution in [0.1, 0.15) is 19.4 Å². The molecule has 0 fully saturated rings. The van der Waals surface area contributed by atoms with Gasteiger partial charge in [0.1, 0.15) is 5.75 Å². The maximum atomic E-state index is 11.6. The zero-order chi connectivity index (χ0) is 15.9. The van der Waals surface area contributed by atoms with Crippen molar-refractivity contribution < 1.29 is 22.1 Å². The summed E-state index contributed by atoms with van der Waals surface area (Å²) in [5, 5.41) is 0. The zero-order valence-corrected chi connectivity index (χ0v) is 13.4. The summed E-state index contributed by atoms with van der Waals surface area (Å²) >= 11 is 0. The first-order chi connectivity index (χ1) is 9.89. The molecule has 0 aliphatic carbocycles. The molecule has 1 amide bonds. The van der Waals surface area contributed by atoms with Crippen LogP contribution in [0.15, 0.2) is 24.3 Å². The van der Waals surface area contributed by atoms with Crippen molar-refractivity contribution in [1.29, 1.82) is 0 Å². The van der Waals surface area contributed by atoms with Gasteiger partial charge in [0.2, 0.25) is 5.91 Å². The molecule has 0 radical (unpaired) electrons. The van der Waals surface area contributed by atoms with Crippen molar-refractivity contribution in [2.24, 2.45) is 0 Å². The highest BCUT2D eigenvalue weighted by atomic mass is 32.2. The Hall–Kier alpha value is -1.60. The predicted molar refractivity (Wildman–Crippen MR) is 79.5 cm³/mol.